The highest BCUT2D eigenvalue weighted by Crippen LogP contribution is 2.35. The molecule has 0 radical (unpaired) electrons. The van der Waals surface area contributed by atoms with E-state index in [0.29, 0.717) is 18.7 Å². The molecule has 0 unspecified atom stereocenters. The van der Waals surface area contributed by atoms with E-state index in [9.17, 15) is 9.90 Å². The zero-order valence-corrected chi connectivity index (χ0v) is 18.6. The third kappa shape index (κ3) is 3.74. The van der Waals surface area contributed by atoms with Crippen molar-refractivity contribution in [1.82, 2.24) is 9.88 Å². The molecule has 5 rings (SSSR count). The molecule has 3 atom stereocenters. The Labute approximate surface area is 188 Å². The molecule has 2 aromatic carbocycles. The summed E-state index contributed by atoms with van der Waals surface area (Å²) in [6.45, 7) is 1.31. The molecule has 0 spiro atoms. The minimum Gasteiger partial charge on any atom is -0.396 e. The Morgan fingerprint density at radius 3 is 2.78 bits per heavy atom. The Hall–Kier alpha value is -2.96. The maximum atomic E-state index is 13.4. The van der Waals surface area contributed by atoms with Crippen LogP contribution in [0.4, 0.5) is 5.82 Å². The van der Waals surface area contributed by atoms with Crippen molar-refractivity contribution in [2.45, 2.75) is 25.0 Å². The molecule has 2 fully saturated rings. The molecular formula is C26H29N3O3. The highest BCUT2D eigenvalue weighted by Gasteiger charge is 2.42. The fourth-order valence-corrected chi connectivity index (χ4v) is 5.14. The highest BCUT2D eigenvalue weighted by atomic mass is 16.5. The van der Waals surface area contributed by atoms with Gasteiger partial charge >= 0.3 is 0 Å². The second-order valence-corrected chi connectivity index (χ2v) is 9.04. The summed E-state index contributed by atoms with van der Waals surface area (Å²) < 4.78 is 5.89. The van der Waals surface area contributed by atoms with Crippen molar-refractivity contribution in [2.24, 2.45) is 5.92 Å². The lowest BCUT2D eigenvalue weighted by molar-refractivity contribution is -0.0448. The van der Waals surface area contributed by atoms with Crippen molar-refractivity contribution in [3.05, 3.63) is 60.3 Å². The van der Waals surface area contributed by atoms with Crippen molar-refractivity contribution in [1.29, 1.82) is 0 Å². The predicted octanol–water partition coefficient (Wildman–Crippen LogP) is 3.58. The molecule has 0 bridgehead atoms. The van der Waals surface area contributed by atoms with Crippen LogP contribution in [0.2, 0.25) is 0 Å². The molecule has 6 nitrogen and oxygen atoms in total. The van der Waals surface area contributed by atoms with Crippen LogP contribution in [0.15, 0.2) is 54.7 Å². The number of aliphatic hydroxyl groups excluding tert-OH is 1. The van der Waals surface area contributed by atoms with Crippen LogP contribution in [0.5, 0.6) is 0 Å². The van der Waals surface area contributed by atoms with Crippen LogP contribution >= 0.6 is 0 Å². The summed E-state index contributed by atoms with van der Waals surface area (Å²) in [6.07, 6.45) is 3.48. The minimum absolute atomic E-state index is 0.0400. The van der Waals surface area contributed by atoms with Crippen LogP contribution in [0.3, 0.4) is 0 Å². The number of hydrogen-bond donors (Lipinski definition) is 1. The zero-order valence-electron chi connectivity index (χ0n) is 18.6. The van der Waals surface area contributed by atoms with E-state index >= 15 is 0 Å². The third-order valence-electron chi connectivity index (χ3n) is 6.76. The molecule has 1 aliphatic heterocycles. The molecule has 1 saturated heterocycles. The lowest BCUT2D eigenvalue weighted by Gasteiger charge is -2.37. The van der Waals surface area contributed by atoms with Gasteiger partial charge in [-0.25, -0.2) is 4.98 Å². The number of carbonyl (C=O) groups excluding carboxylic acids is 1. The topological polar surface area (TPSA) is 65.9 Å². The van der Waals surface area contributed by atoms with E-state index in [1.807, 2.05) is 48.2 Å². The van der Waals surface area contributed by atoms with Gasteiger partial charge in [0, 0.05) is 44.6 Å². The molecule has 1 aromatic heterocycles. The largest absolute Gasteiger partial charge is 0.396 e. The van der Waals surface area contributed by atoms with Crippen molar-refractivity contribution in [2.75, 3.05) is 38.8 Å². The quantitative estimate of drug-likeness (QED) is 0.684. The molecule has 1 amide bonds. The number of hydrogen-bond acceptors (Lipinski definition) is 5. The van der Waals surface area contributed by atoms with Gasteiger partial charge in [-0.15, -0.1) is 0 Å². The third-order valence-corrected chi connectivity index (χ3v) is 6.76. The van der Waals surface area contributed by atoms with Gasteiger partial charge in [-0.2, -0.15) is 0 Å². The van der Waals surface area contributed by atoms with E-state index in [-0.39, 0.29) is 30.6 Å². The molecule has 1 aliphatic carbocycles. The van der Waals surface area contributed by atoms with E-state index in [2.05, 4.69) is 29.2 Å². The monoisotopic (exact) mass is 431 g/mol. The predicted molar refractivity (Wildman–Crippen MR) is 126 cm³/mol. The molecule has 2 aliphatic rings. The summed E-state index contributed by atoms with van der Waals surface area (Å²) in [6, 6.07) is 16.4. The molecule has 2 heterocycles. The Balaban J connectivity index is 1.43. The standard InChI is InChI=1S/C26H29N3O3/c1-28(2)25-22(4-3-9-27-25)20-7-5-19-15-21(8-6-18(19)14-20)26(31)29-10-11-32-24-13-17(16-30)12-23(24)29/h3-9,14-15,17,23-24,30H,10-13,16H2,1-2H3/t17-,23+,24+/m1/s1. The van der Waals surface area contributed by atoms with E-state index in [1.54, 1.807) is 6.20 Å². The second kappa shape index (κ2) is 8.52. The van der Waals surface area contributed by atoms with E-state index in [0.717, 1.165) is 40.6 Å². The van der Waals surface area contributed by atoms with Gasteiger partial charge < -0.3 is 19.6 Å². The van der Waals surface area contributed by atoms with Crippen LogP contribution in [0.25, 0.3) is 21.9 Å². The molecular weight excluding hydrogens is 402 g/mol. The number of amides is 1. The number of ether oxygens (including phenoxy) is 1. The molecule has 1 N–H and O–H groups in total. The van der Waals surface area contributed by atoms with Gasteiger partial charge in [0.2, 0.25) is 0 Å². The first kappa shape index (κ1) is 20.9. The maximum Gasteiger partial charge on any atom is 0.254 e. The summed E-state index contributed by atoms with van der Waals surface area (Å²) >= 11 is 0. The van der Waals surface area contributed by atoms with Crippen molar-refractivity contribution in [3.8, 4) is 11.1 Å². The van der Waals surface area contributed by atoms with Gasteiger partial charge in [0.15, 0.2) is 0 Å². The number of carbonyl (C=O) groups is 1. The van der Waals surface area contributed by atoms with E-state index in [4.69, 9.17) is 4.74 Å². The first-order valence-electron chi connectivity index (χ1n) is 11.2. The van der Waals surface area contributed by atoms with Gasteiger partial charge in [-0.3, -0.25) is 4.79 Å². The zero-order chi connectivity index (χ0) is 22.2. The summed E-state index contributed by atoms with van der Waals surface area (Å²) in [5.74, 6) is 1.20. The average molecular weight is 432 g/mol. The van der Waals surface area contributed by atoms with Crippen LogP contribution in [-0.2, 0) is 4.74 Å². The lowest BCUT2D eigenvalue weighted by Crippen LogP contribution is -2.51. The van der Waals surface area contributed by atoms with Gasteiger partial charge in [0.05, 0.1) is 18.8 Å². The lowest BCUT2D eigenvalue weighted by atomic mass is 9.99. The Morgan fingerprint density at radius 2 is 1.97 bits per heavy atom. The van der Waals surface area contributed by atoms with Crippen LogP contribution in [-0.4, -0.2) is 66.9 Å². The first-order valence-corrected chi connectivity index (χ1v) is 11.2. The maximum absolute atomic E-state index is 13.4. The number of benzene rings is 2. The highest BCUT2D eigenvalue weighted by molar-refractivity contribution is 5.99. The van der Waals surface area contributed by atoms with Gasteiger partial charge in [-0.1, -0.05) is 18.2 Å². The van der Waals surface area contributed by atoms with Crippen LogP contribution < -0.4 is 4.90 Å². The SMILES string of the molecule is CN(C)c1ncccc1-c1ccc2cc(C(=O)N3CCO[C@H]4C[C@H](CO)C[C@@H]43)ccc2c1. The van der Waals surface area contributed by atoms with Crippen LogP contribution in [0.1, 0.15) is 23.2 Å². The second-order valence-electron chi connectivity index (χ2n) is 9.04. The summed E-state index contributed by atoms with van der Waals surface area (Å²) in [4.78, 5) is 21.9. The summed E-state index contributed by atoms with van der Waals surface area (Å²) in [7, 11) is 3.99. The number of morpholine rings is 1. The number of pyridine rings is 1. The number of aromatic nitrogens is 1. The number of aliphatic hydroxyl groups is 1. The normalized spacial score (nSPS) is 22.7. The molecule has 6 heteroatoms. The number of rotatable bonds is 4. The Kier molecular flexibility index (Phi) is 5.57. The fraction of sp³-hybridized carbons (Fsp3) is 0.385. The van der Waals surface area contributed by atoms with Gasteiger partial charge in [-0.05, 0) is 65.4 Å². The van der Waals surface area contributed by atoms with E-state index < -0.39 is 0 Å². The molecule has 32 heavy (non-hydrogen) atoms. The Morgan fingerprint density at radius 1 is 1.16 bits per heavy atom. The minimum atomic E-state index is 0.0400. The summed E-state index contributed by atoms with van der Waals surface area (Å²) in [5, 5.41) is 11.7. The van der Waals surface area contributed by atoms with Gasteiger partial charge in [0.1, 0.15) is 5.82 Å². The fourth-order valence-electron chi connectivity index (χ4n) is 5.14. The molecule has 1 saturated carbocycles. The number of fused-ring (bicyclic) bond motifs is 2. The summed E-state index contributed by atoms with van der Waals surface area (Å²) in [5.41, 5.74) is 2.89. The van der Waals surface area contributed by atoms with E-state index in [1.165, 1.54) is 0 Å². The smallest absolute Gasteiger partial charge is 0.254 e. The number of anilines is 1. The first-order chi connectivity index (χ1) is 15.5. The van der Waals surface area contributed by atoms with Gasteiger partial charge in [0.25, 0.3) is 5.91 Å². The van der Waals surface area contributed by atoms with Crippen molar-refractivity contribution < 1.29 is 14.6 Å². The molecule has 166 valence electrons. The average Bonchev–Trinajstić information content (AvgIpc) is 3.26. The molecule has 3 aromatic rings. The van der Waals surface area contributed by atoms with Crippen molar-refractivity contribution >= 4 is 22.5 Å². The van der Waals surface area contributed by atoms with Crippen LogP contribution in [0, 0.1) is 5.92 Å². The Bertz CT molecular complexity index is 1150. The van der Waals surface area contributed by atoms with Crippen molar-refractivity contribution in [3.63, 3.8) is 0 Å². The number of nitrogens with zero attached hydrogens (tertiary/aromatic N) is 3.